The molecule has 0 aliphatic carbocycles. The summed E-state index contributed by atoms with van der Waals surface area (Å²) in [5.41, 5.74) is 0.219. The van der Waals surface area contributed by atoms with Crippen molar-refractivity contribution in [2.75, 3.05) is 0 Å². The predicted octanol–water partition coefficient (Wildman–Crippen LogP) is -8.77. The van der Waals surface area contributed by atoms with Crippen molar-refractivity contribution in [3.63, 3.8) is 0 Å². The fourth-order valence-electron chi connectivity index (χ4n) is 2.58. The van der Waals surface area contributed by atoms with Crippen LogP contribution in [0.25, 0.3) is 16.5 Å². The van der Waals surface area contributed by atoms with Crippen molar-refractivity contribution < 1.29 is 120 Å². The fraction of sp³-hybridized carbons (Fsp3) is 0.0714. The first-order chi connectivity index (χ1) is 11.5. The summed E-state index contributed by atoms with van der Waals surface area (Å²) in [4.78, 5) is -1.45. The summed E-state index contributed by atoms with van der Waals surface area (Å²) in [6, 6.07) is 6.47. The van der Waals surface area contributed by atoms with Gasteiger partial charge in [0.25, 0.3) is 0 Å². The van der Waals surface area contributed by atoms with Crippen molar-refractivity contribution in [1.29, 1.82) is 0 Å². The topological polar surface area (TPSA) is 155 Å². The molecule has 1 aromatic heterocycles. The van der Waals surface area contributed by atoms with E-state index in [1.807, 2.05) is 0 Å². The molecule has 2 aromatic carbocycles. The van der Waals surface area contributed by atoms with Crippen molar-refractivity contribution in [1.82, 2.24) is 9.78 Å². The van der Waals surface area contributed by atoms with Gasteiger partial charge in [0.05, 0.1) is 21.2 Å². The molecule has 1 heterocycles. The monoisotopic (exact) mass is 450 g/mol. The van der Waals surface area contributed by atoms with Gasteiger partial charge in [-0.1, -0.05) is 12.1 Å². The molecule has 0 fully saturated rings. The minimum Gasteiger partial charge on any atom is -0.859 e. The first-order valence-corrected chi connectivity index (χ1v) is 9.53. The van der Waals surface area contributed by atoms with Gasteiger partial charge in [0.1, 0.15) is 20.2 Å². The van der Waals surface area contributed by atoms with Crippen LogP contribution >= 0.6 is 0 Å². The molecule has 3 aromatic rings. The molecule has 3 rings (SSSR count). The van der Waals surface area contributed by atoms with Crippen molar-refractivity contribution >= 4 is 31.0 Å². The van der Waals surface area contributed by atoms with E-state index in [1.54, 1.807) is 0 Å². The van der Waals surface area contributed by atoms with Crippen LogP contribution < -0.4 is 93.8 Å². The average Bonchev–Trinajstić information content (AvgIpc) is 2.82. The van der Waals surface area contributed by atoms with Crippen LogP contribution in [0.1, 0.15) is 5.69 Å². The second kappa shape index (κ2) is 10.2. The van der Waals surface area contributed by atoms with Crippen LogP contribution in [0.2, 0.25) is 0 Å². The number of nitrogens with zero attached hydrogens (tertiary/aromatic N) is 2. The van der Waals surface area contributed by atoms with Gasteiger partial charge in [0, 0.05) is 10.8 Å². The molecule has 0 bridgehead atoms. The molecule has 0 aliphatic heterocycles. The van der Waals surface area contributed by atoms with Crippen molar-refractivity contribution in [2.24, 2.45) is 0 Å². The maximum atomic E-state index is 12.0. The molecule has 0 spiro atoms. The van der Waals surface area contributed by atoms with Gasteiger partial charge in [0.2, 0.25) is 0 Å². The van der Waals surface area contributed by atoms with Gasteiger partial charge in [0.15, 0.2) is 0 Å². The Hall–Kier alpha value is 0.530. The van der Waals surface area contributed by atoms with E-state index >= 15 is 0 Å². The molecule has 0 radical (unpaired) electrons. The zero-order valence-electron chi connectivity index (χ0n) is 15.5. The van der Waals surface area contributed by atoms with Crippen LogP contribution in [-0.2, 0) is 20.2 Å². The van der Waals surface area contributed by atoms with E-state index in [-0.39, 0.29) is 105 Å². The average molecular weight is 450 g/mol. The summed E-state index contributed by atoms with van der Waals surface area (Å²) in [6.45, 7) is 1.53. The van der Waals surface area contributed by atoms with Crippen LogP contribution in [0.3, 0.4) is 0 Å². The molecular weight excluding hydrogens is 441 g/mol. The minimum absolute atomic E-state index is 0. The standard InChI is InChI=1S/C14H12N2O7S2.3Na/c1-8-7-13(17)16(15-8)10-5-6-11(24(18,19)20)9-3-2-4-12(14(9)10)25(21,22)23;;;/h2-7,17H,1H3,(H,18,19,20)(H,21,22,23);;;/q;3*+1/p-3. The summed E-state index contributed by atoms with van der Waals surface area (Å²) < 4.78 is 70.0. The van der Waals surface area contributed by atoms with Gasteiger partial charge < -0.3 is 14.2 Å². The Bertz CT molecular complexity index is 1230. The Labute approximate surface area is 227 Å². The number of aromatic nitrogens is 2. The van der Waals surface area contributed by atoms with Crippen LogP contribution in [0.5, 0.6) is 5.88 Å². The van der Waals surface area contributed by atoms with Gasteiger partial charge >= 0.3 is 88.7 Å². The Morgan fingerprint density at radius 2 is 1.46 bits per heavy atom. The van der Waals surface area contributed by atoms with E-state index in [2.05, 4.69) is 5.10 Å². The Morgan fingerprint density at radius 3 is 1.93 bits per heavy atom. The normalized spacial score (nSPS) is 11.2. The number of hydrogen-bond donors (Lipinski definition) is 0. The summed E-state index contributed by atoms with van der Waals surface area (Å²) >= 11 is 0. The third-order valence-corrected chi connectivity index (χ3v) is 5.28. The fourth-order valence-corrected chi connectivity index (χ4v) is 3.96. The maximum absolute atomic E-state index is 12.0. The molecule has 0 N–H and O–H groups in total. The number of rotatable bonds is 3. The largest absolute Gasteiger partial charge is 1.00 e. The number of benzene rings is 2. The quantitative estimate of drug-likeness (QED) is 0.281. The second-order valence-corrected chi connectivity index (χ2v) is 7.90. The third kappa shape index (κ3) is 5.61. The zero-order chi connectivity index (χ0) is 18.6. The van der Waals surface area contributed by atoms with Gasteiger partial charge in [-0.15, -0.1) is 0 Å². The molecule has 0 amide bonds. The van der Waals surface area contributed by atoms with Gasteiger partial charge in [-0.2, -0.15) is 5.10 Å². The number of fused-ring (bicyclic) bond motifs is 1. The Kier molecular flexibility index (Phi) is 10.4. The van der Waals surface area contributed by atoms with E-state index < -0.39 is 35.9 Å². The molecule has 28 heavy (non-hydrogen) atoms. The maximum Gasteiger partial charge on any atom is 1.00 e. The van der Waals surface area contributed by atoms with E-state index in [0.29, 0.717) is 5.69 Å². The smallest absolute Gasteiger partial charge is 0.859 e. The predicted molar refractivity (Wildman–Crippen MR) is 81.2 cm³/mol. The molecule has 9 nitrogen and oxygen atoms in total. The van der Waals surface area contributed by atoms with Crippen molar-refractivity contribution in [3.8, 4) is 11.6 Å². The van der Waals surface area contributed by atoms with Crippen molar-refractivity contribution in [2.45, 2.75) is 16.7 Å². The second-order valence-electron chi connectivity index (χ2n) is 5.21. The molecular formula is C14H9N2Na3O7S2. The van der Waals surface area contributed by atoms with E-state index in [9.17, 15) is 31.0 Å². The summed E-state index contributed by atoms with van der Waals surface area (Å²) in [5, 5.41) is 15.3. The molecule has 0 unspecified atom stereocenters. The number of aryl methyl sites for hydroxylation is 1. The van der Waals surface area contributed by atoms with Crippen molar-refractivity contribution in [3.05, 3.63) is 42.1 Å². The first-order valence-electron chi connectivity index (χ1n) is 6.72. The molecule has 0 atom stereocenters. The van der Waals surface area contributed by atoms with Gasteiger partial charge in [-0.3, -0.25) is 0 Å². The van der Waals surface area contributed by atoms with Crippen LogP contribution in [0, 0.1) is 6.92 Å². The zero-order valence-corrected chi connectivity index (χ0v) is 23.2. The molecule has 132 valence electrons. The van der Waals surface area contributed by atoms with Crippen LogP contribution in [0.15, 0.2) is 46.2 Å². The van der Waals surface area contributed by atoms with Crippen LogP contribution in [-0.4, -0.2) is 35.7 Å². The van der Waals surface area contributed by atoms with E-state index in [0.717, 1.165) is 28.9 Å². The van der Waals surface area contributed by atoms with Gasteiger partial charge in [-0.25, -0.2) is 21.5 Å². The number of hydrogen-bond acceptors (Lipinski definition) is 8. The van der Waals surface area contributed by atoms with Gasteiger partial charge in [-0.05, 0) is 37.1 Å². The van der Waals surface area contributed by atoms with E-state index in [1.165, 1.54) is 19.1 Å². The SMILES string of the molecule is Cc1cc([O-])n(-c2ccc(S(=O)(=O)[O-])c3cccc(S(=O)(=O)[O-])c23)n1.[Na+].[Na+].[Na+]. The summed E-state index contributed by atoms with van der Waals surface area (Å²) in [5.74, 6) is -0.602. The van der Waals surface area contributed by atoms with Crippen LogP contribution in [0.4, 0.5) is 0 Å². The van der Waals surface area contributed by atoms with E-state index in [4.69, 9.17) is 0 Å². The first kappa shape index (κ1) is 28.5. The minimum atomic E-state index is -5.02. The molecule has 14 heteroatoms. The molecule has 0 aliphatic rings. The Balaban J connectivity index is 0.00000243. The molecule has 0 saturated carbocycles. The third-order valence-electron chi connectivity index (χ3n) is 3.51. The Morgan fingerprint density at radius 1 is 0.893 bits per heavy atom. The summed E-state index contributed by atoms with van der Waals surface area (Å²) in [6.07, 6.45) is 0. The molecule has 0 saturated heterocycles. The summed E-state index contributed by atoms with van der Waals surface area (Å²) in [7, 11) is -9.97.